The van der Waals surface area contributed by atoms with Gasteiger partial charge in [0.15, 0.2) is 0 Å². The van der Waals surface area contributed by atoms with Gasteiger partial charge in [-0.05, 0) is 31.7 Å². The van der Waals surface area contributed by atoms with E-state index in [2.05, 4.69) is 15.4 Å². The third-order valence-corrected chi connectivity index (χ3v) is 4.99. The fourth-order valence-corrected chi connectivity index (χ4v) is 2.91. The smallest absolute Gasteiger partial charge is 0.240 e. The molecule has 7 nitrogen and oxygen atoms in total. The lowest BCUT2D eigenvalue weighted by Crippen LogP contribution is -2.51. The van der Waals surface area contributed by atoms with Crippen molar-refractivity contribution in [2.24, 2.45) is 0 Å². The summed E-state index contributed by atoms with van der Waals surface area (Å²) in [7, 11) is -2.08. The molecule has 2 atom stereocenters. The summed E-state index contributed by atoms with van der Waals surface area (Å²) in [6.45, 7) is 3.48. The van der Waals surface area contributed by atoms with E-state index in [1.165, 1.54) is 19.2 Å². The Morgan fingerprint density at radius 1 is 1.35 bits per heavy atom. The maximum atomic E-state index is 12.1. The van der Waals surface area contributed by atoms with Crippen LogP contribution in [0.2, 0.25) is 0 Å². The molecule has 130 valence electrons. The summed E-state index contributed by atoms with van der Waals surface area (Å²) in [6.07, 6.45) is 0. The average Bonchev–Trinajstić information content (AvgIpc) is 2.55. The van der Waals surface area contributed by atoms with Gasteiger partial charge in [-0.2, -0.15) is 0 Å². The van der Waals surface area contributed by atoms with Gasteiger partial charge in [0.2, 0.25) is 15.9 Å². The zero-order chi connectivity index (χ0) is 16.2. The van der Waals surface area contributed by atoms with E-state index >= 15 is 0 Å². The Labute approximate surface area is 142 Å². The van der Waals surface area contributed by atoms with E-state index in [4.69, 9.17) is 4.74 Å². The minimum absolute atomic E-state index is 0. The highest BCUT2D eigenvalue weighted by Crippen LogP contribution is 2.16. The second kappa shape index (κ2) is 8.60. The van der Waals surface area contributed by atoms with Crippen LogP contribution in [0.15, 0.2) is 29.2 Å². The van der Waals surface area contributed by atoms with Crippen LogP contribution in [0.5, 0.6) is 0 Å². The van der Waals surface area contributed by atoms with Crippen LogP contribution in [0.3, 0.4) is 0 Å². The van der Waals surface area contributed by atoms with Crippen molar-refractivity contribution in [2.45, 2.75) is 23.9 Å². The molecule has 3 N–H and O–H groups in total. The van der Waals surface area contributed by atoms with Gasteiger partial charge in [0.05, 0.1) is 24.2 Å². The third-order valence-electron chi connectivity index (χ3n) is 3.56. The number of ether oxygens (including phenoxy) is 1. The summed E-state index contributed by atoms with van der Waals surface area (Å²) in [4.78, 5) is 12.3. The molecule has 1 amide bonds. The van der Waals surface area contributed by atoms with Crippen LogP contribution in [0.25, 0.3) is 0 Å². The van der Waals surface area contributed by atoms with Crippen LogP contribution in [-0.4, -0.2) is 47.2 Å². The maximum absolute atomic E-state index is 12.1. The molecule has 0 bridgehead atoms. The lowest BCUT2D eigenvalue weighted by atomic mass is 10.1. The Morgan fingerprint density at radius 2 is 2.00 bits per heavy atom. The molecule has 1 aliphatic heterocycles. The molecule has 1 aliphatic rings. The van der Waals surface area contributed by atoms with Crippen LogP contribution in [0, 0.1) is 0 Å². The van der Waals surface area contributed by atoms with Gasteiger partial charge in [0.1, 0.15) is 6.04 Å². The summed E-state index contributed by atoms with van der Waals surface area (Å²) < 4.78 is 30.8. The molecule has 0 aliphatic carbocycles. The summed E-state index contributed by atoms with van der Waals surface area (Å²) in [6, 6.07) is 5.86. The highest BCUT2D eigenvalue weighted by molar-refractivity contribution is 7.89. The predicted molar refractivity (Wildman–Crippen MR) is 89.1 cm³/mol. The van der Waals surface area contributed by atoms with Gasteiger partial charge in [0.25, 0.3) is 0 Å². The number of rotatable bonds is 5. The van der Waals surface area contributed by atoms with Gasteiger partial charge >= 0.3 is 0 Å². The predicted octanol–water partition coefficient (Wildman–Crippen LogP) is 0.182. The fourth-order valence-electron chi connectivity index (χ4n) is 2.18. The third kappa shape index (κ3) is 5.15. The van der Waals surface area contributed by atoms with Crippen LogP contribution in [-0.2, 0) is 19.6 Å². The molecule has 1 aromatic carbocycles. The van der Waals surface area contributed by atoms with Crippen molar-refractivity contribution in [1.82, 2.24) is 15.4 Å². The molecule has 9 heteroatoms. The van der Waals surface area contributed by atoms with Crippen molar-refractivity contribution < 1.29 is 17.9 Å². The molecular weight excluding hydrogens is 342 g/mol. The van der Waals surface area contributed by atoms with E-state index in [-0.39, 0.29) is 35.3 Å². The largest absolute Gasteiger partial charge is 0.378 e. The van der Waals surface area contributed by atoms with Crippen molar-refractivity contribution >= 4 is 28.3 Å². The van der Waals surface area contributed by atoms with Crippen molar-refractivity contribution in [3.63, 3.8) is 0 Å². The Hall–Kier alpha value is -1.19. The molecule has 1 saturated heterocycles. The molecule has 0 saturated carbocycles. The number of sulfonamides is 1. The molecule has 0 radical (unpaired) electrons. The normalized spacial score (nSPS) is 19.5. The summed E-state index contributed by atoms with van der Waals surface area (Å²) in [5.74, 6) is -0.126. The number of carbonyl (C=O) groups is 1. The first-order chi connectivity index (χ1) is 10.4. The van der Waals surface area contributed by atoms with Crippen molar-refractivity contribution in [2.75, 3.05) is 26.8 Å². The number of halogens is 1. The summed E-state index contributed by atoms with van der Waals surface area (Å²) in [5, 5.41) is 5.98. The molecule has 1 heterocycles. The lowest BCUT2D eigenvalue weighted by Gasteiger charge is -2.25. The van der Waals surface area contributed by atoms with Gasteiger partial charge in [-0.1, -0.05) is 12.1 Å². The molecule has 2 unspecified atom stereocenters. The van der Waals surface area contributed by atoms with E-state index in [0.717, 1.165) is 5.56 Å². The maximum Gasteiger partial charge on any atom is 0.240 e. The molecular formula is C14H22ClN3O4S. The summed E-state index contributed by atoms with van der Waals surface area (Å²) >= 11 is 0. The number of nitrogens with one attached hydrogen (secondary N) is 3. The first-order valence-electron chi connectivity index (χ1n) is 7.09. The molecule has 23 heavy (non-hydrogen) atoms. The highest BCUT2D eigenvalue weighted by atomic mass is 35.5. The van der Waals surface area contributed by atoms with Gasteiger partial charge in [-0.3, -0.25) is 4.79 Å². The molecule has 1 fully saturated rings. The van der Waals surface area contributed by atoms with Gasteiger partial charge in [-0.15, -0.1) is 12.4 Å². The monoisotopic (exact) mass is 363 g/mol. The standard InChI is InChI=1S/C14H21N3O4S.ClH/c1-10(17-14(18)13-9-21-8-7-16-13)11-3-5-12(6-4-11)22(19,20)15-2;/h3-6,10,13,15-16H,7-9H2,1-2H3,(H,17,18);1H. The second-order valence-corrected chi connectivity index (χ2v) is 6.98. The average molecular weight is 364 g/mol. The number of morpholine rings is 1. The topological polar surface area (TPSA) is 96.5 Å². The Kier molecular flexibility index (Phi) is 7.43. The van der Waals surface area contributed by atoms with Crippen molar-refractivity contribution in [3.05, 3.63) is 29.8 Å². The first-order valence-corrected chi connectivity index (χ1v) is 8.57. The SMILES string of the molecule is CNS(=O)(=O)c1ccc(C(C)NC(=O)C2COCCN2)cc1.Cl. The fraction of sp³-hybridized carbons (Fsp3) is 0.500. The van der Waals surface area contributed by atoms with Crippen molar-refractivity contribution in [3.8, 4) is 0 Å². The lowest BCUT2D eigenvalue weighted by molar-refractivity contribution is -0.126. The number of carbonyl (C=O) groups excluding carboxylic acids is 1. The van der Waals surface area contributed by atoms with Gasteiger partial charge in [0, 0.05) is 6.54 Å². The number of benzene rings is 1. The second-order valence-electron chi connectivity index (χ2n) is 5.09. The Morgan fingerprint density at radius 3 is 2.52 bits per heavy atom. The summed E-state index contributed by atoms with van der Waals surface area (Å²) in [5.41, 5.74) is 0.833. The van der Waals surface area contributed by atoms with Crippen LogP contribution >= 0.6 is 12.4 Å². The van der Waals surface area contributed by atoms with E-state index in [9.17, 15) is 13.2 Å². The van der Waals surface area contributed by atoms with Gasteiger partial charge in [-0.25, -0.2) is 13.1 Å². The van der Waals surface area contributed by atoms with E-state index in [0.29, 0.717) is 19.8 Å². The number of hydrogen-bond donors (Lipinski definition) is 3. The highest BCUT2D eigenvalue weighted by Gasteiger charge is 2.22. The molecule has 1 aromatic rings. The van der Waals surface area contributed by atoms with Crippen LogP contribution in [0.1, 0.15) is 18.5 Å². The van der Waals surface area contributed by atoms with E-state index in [1.807, 2.05) is 6.92 Å². The number of amides is 1. The first kappa shape index (κ1) is 19.9. The van der Waals surface area contributed by atoms with E-state index < -0.39 is 10.0 Å². The van der Waals surface area contributed by atoms with Crippen LogP contribution < -0.4 is 15.4 Å². The zero-order valence-corrected chi connectivity index (χ0v) is 14.7. The molecule has 0 spiro atoms. The minimum Gasteiger partial charge on any atom is -0.378 e. The molecule has 2 rings (SSSR count). The quantitative estimate of drug-likeness (QED) is 0.693. The van der Waals surface area contributed by atoms with Crippen molar-refractivity contribution in [1.29, 1.82) is 0 Å². The van der Waals surface area contributed by atoms with Gasteiger partial charge < -0.3 is 15.4 Å². The Bertz CT molecular complexity index is 615. The van der Waals surface area contributed by atoms with E-state index in [1.54, 1.807) is 12.1 Å². The number of hydrogen-bond acceptors (Lipinski definition) is 5. The van der Waals surface area contributed by atoms with Crippen LogP contribution in [0.4, 0.5) is 0 Å². The Balaban J connectivity index is 0.00000264. The minimum atomic E-state index is -3.44. The zero-order valence-electron chi connectivity index (χ0n) is 13.0. The molecule has 0 aromatic heterocycles.